The Kier molecular flexibility index (Phi) is 6.73. The zero-order valence-corrected chi connectivity index (χ0v) is 11.3. The predicted molar refractivity (Wildman–Crippen MR) is 73.0 cm³/mol. The van der Waals surface area contributed by atoms with Crippen molar-refractivity contribution in [3.05, 3.63) is 30.3 Å². The number of rotatable bonds is 9. The number of carboxylic acids is 2. The summed E-state index contributed by atoms with van der Waals surface area (Å²) < 4.78 is 5.38. The van der Waals surface area contributed by atoms with E-state index in [1.807, 2.05) is 18.2 Å². The summed E-state index contributed by atoms with van der Waals surface area (Å²) >= 11 is 0. The van der Waals surface area contributed by atoms with Gasteiger partial charge in [0.2, 0.25) is 5.91 Å². The number of nitrogens with one attached hydrogen (secondary N) is 1. The van der Waals surface area contributed by atoms with Crippen molar-refractivity contribution in [1.82, 2.24) is 5.32 Å². The molecule has 0 aliphatic heterocycles. The van der Waals surface area contributed by atoms with Gasteiger partial charge < -0.3 is 20.3 Å². The quantitative estimate of drug-likeness (QED) is 0.583. The minimum Gasteiger partial charge on any atom is -0.494 e. The van der Waals surface area contributed by atoms with Crippen molar-refractivity contribution >= 4 is 17.8 Å². The number of ether oxygens (including phenoxy) is 1. The summed E-state index contributed by atoms with van der Waals surface area (Å²) in [5, 5.41) is 19.5. The highest BCUT2D eigenvalue weighted by atomic mass is 16.5. The smallest absolute Gasteiger partial charge is 0.326 e. The molecule has 7 nitrogen and oxygen atoms in total. The Labute approximate surface area is 121 Å². The standard InChI is InChI=1S/C14H17NO6/c16-12(15-11(14(19)20)9-13(17)18)7-4-8-21-10-5-2-1-3-6-10/h1-3,5-6,11H,4,7-9H2,(H,15,16)(H,17,18)(H,19,20)/t11-/m1/s1. The lowest BCUT2D eigenvalue weighted by atomic mass is 10.2. The number of carbonyl (C=O) groups excluding carboxylic acids is 1. The molecule has 0 aliphatic rings. The number of aliphatic carboxylic acids is 2. The Morgan fingerprint density at radius 3 is 2.38 bits per heavy atom. The van der Waals surface area contributed by atoms with Crippen LogP contribution in [0.4, 0.5) is 0 Å². The first-order valence-electron chi connectivity index (χ1n) is 6.41. The topological polar surface area (TPSA) is 113 Å². The maximum absolute atomic E-state index is 11.5. The number of carbonyl (C=O) groups is 3. The molecule has 114 valence electrons. The van der Waals surface area contributed by atoms with E-state index in [0.717, 1.165) is 0 Å². The Balaban J connectivity index is 2.26. The second kappa shape index (κ2) is 8.57. The molecule has 0 spiro atoms. The van der Waals surface area contributed by atoms with Crippen LogP contribution in [-0.2, 0) is 14.4 Å². The number of carboxylic acid groups (broad SMARTS) is 2. The molecule has 0 aliphatic carbocycles. The van der Waals surface area contributed by atoms with Crippen LogP contribution in [0.5, 0.6) is 5.75 Å². The van der Waals surface area contributed by atoms with E-state index in [1.54, 1.807) is 12.1 Å². The number of amides is 1. The van der Waals surface area contributed by atoms with E-state index >= 15 is 0 Å². The summed E-state index contributed by atoms with van der Waals surface area (Å²) in [6, 6.07) is 7.66. The van der Waals surface area contributed by atoms with E-state index in [0.29, 0.717) is 18.8 Å². The van der Waals surface area contributed by atoms with Gasteiger partial charge in [-0.25, -0.2) is 4.79 Å². The molecule has 1 atom stereocenters. The van der Waals surface area contributed by atoms with Crippen molar-refractivity contribution < 1.29 is 29.3 Å². The Bertz CT molecular complexity index is 487. The molecule has 0 bridgehead atoms. The monoisotopic (exact) mass is 295 g/mol. The van der Waals surface area contributed by atoms with Gasteiger partial charge in [0, 0.05) is 6.42 Å². The molecule has 1 aromatic rings. The van der Waals surface area contributed by atoms with Gasteiger partial charge in [-0.1, -0.05) is 18.2 Å². The molecule has 0 saturated carbocycles. The van der Waals surface area contributed by atoms with Gasteiger partial charge in [0.15, 0.2) is 0 Å². The SMILES string of the molecule is O=C(O)C[C@@H](NC(=O)CCCOc1ccccc1)C(=O)O. The van der Waals surface area contributed by atoms with Crippen molar-refractivity contribution in [1.29, 1.82) is 0 Å². The van der Waals surface area contributed by atoms with Crippen molar-refractivity contribution in [2.24, 2.45) is 0 Å². The summed E-state index contributed by atoms with van der Waals surface area (Å²) in [6.45, 7) is 0.314. The number of benzene rings is 1. The lowest BCUT2D eigenvalue weighted by Crippen LogP contribution is -2.42. The molecule has 0 unspecified atom stereocenters. The number of hydrogen-bond acceptors (Lipinski definition) is 4. The highest BCUT2D eigenvalue weighted by molar-refractivity contribution is 5.86. The van der Waals surface area contributed by atoms with Crippen LogP contribution in [0.15, 0.2) is 30.3 Å². The second-order valence-corrected chi connectivity index (χ2v) is 4.32. The summed E-state index contributed by atoms with van der Waals surface area (Å²) in [6.07, 6.45) is -0.183. The average molecular weight is 295 g/mol. The molecule has 0 aromatic heterocycles. The highest BCUT2D eigenvalue weighted by Crippen LogP contribution is 2.08. The molecule has 0 saturated heterocycles. The van der Waals surface area contributed by atoms with Crippen LogP contribution in [0.2, 0.25) is 0 Å². The third-order valence-electron chi connectivity index (χ3n) is 2.57. The van der Waals surface area contributed by atoms with Gasteiger partial charge in [-0.2, -0.15) is 0 Å². The van der Waals surface area contributed by atoms with Crippen LogP contribution in [0.1, 0.15) is 19.3 Å². The predicted octanol–water partition coefficient (Wildman–Crippen LogP) is 0.890. The zero-order chi connectivity index (χ0) is 15.7. The highest BCUT2D eigenvalue weighted by Gasteiger charge is 2.22. The van der Waals surface area contributed by atoms with Crippen LogP contribution in [0, 0.1) is 0 Å². The van der Waals surface area contributed by atoms with Crippen molar-refractivity contribution in [2.75, 3.05) is 6.61 Å². The molecule has 1 aromatic carbocycles. The van der Waals surface area contributed by atoms with Crippen LogP contribution in [-0.4, -0.2) is 40.7 Å². The number of para-hydroxylation sites is 1. The fourth-order valence-electron chi connectivity index (χ4n) is 1.58. The summed E-state index contributed by atoms with van der Waals surface area (Å²) in [5.74, 6) is -2.48. The van der Waals surface area contributed by atoms with Gasteiger partial charge in [0.1, 0.15) is 11.8 Å². The lowest BCUT2D eigenvalue weighted by Gasteiger charge is -2.12. The van der Waals surface area contributed by atoms with Crippen LogP contribution >= 0.6 is 0 Å². The Hall–Kier alpha value is -2.57. The van der Waals surface area contributed by atoms with Gasteiger partial charge >= 0.3 is 11.9 Å². The molecule has 1 amide bonds. The van der Waals surface area contributed by atoms with Gasteiger partial charge in [-0.05, 0) is 18.6 Å². The van der Waals surface area contributed by atoms with Gasteiger partial charge in [-0.3, -0.25) is 9.59 Å². The van der Waals surface area contributed by atoms with E-state index < -0.39 is 30.3 Å². The van der Waals surface area contributed by atoms with E-state index in [4.69, 9.17) is 14.9 Å². The first-order chi connectivity index (χ1) is 9.99. The first kappa shape index (κ1) is 16.5. The second-order valence-electron chi connectivity index (χ2n) is 4.32. The summed E-state index contributed by atoms with van der Waals surface area (Å²) in [4.78, 5) is 32.8. The largest absolute Gasteiger partial charge is 0.494 e. The molecular weight excluding hydrogens is 278 g/mol. The number of hydrogen-bond donors (Lipinski definition) is 3. The fourth-order valence-corrected chi connectivity index (χ4v) is 1.58. The van der Waals surface area contributed by atoms with Crippen LogP contribution in [0.3, 0.4) is 0 Å². The lowest BCUT2D eigenvalue weighted by molar-refractivity contribution is -0.147. The summed E-state index contributed by atoms with van der Waals surface area (Å²) in [5.41, 5.74) is 0. The maximum atomic E-state index is 11.5. The van der Waals surface area contributed by atoms with Crippen molar-refractivity contribution in [2.45, 2.75) is 25.3 Å². The van der Waals surface area contributed by atoms with E-state index in [-0.39, 0.29) is 6.42 Å². The summed E-state index contributed by atoms with van der Waals surface area (Å²) in [7, 11) is 0. The normalized spacial score (nSPS) is 11.4. The minimum atomic E-state index is -1.41. The molecule has 0 heterocycles. The van der Waals surface area contributed by atoms with Crippen molar-refractivity contribution in [3.63, 3.8) is 0 Å². The maximum Gasteiger partial charge on any atom is 0.326 e. The third kappa shape index (κ3) is 6.95. The third-order valence-corrected chi connectivity index (χ3v) is 2.57. The van der Waals surface area contributed by atoms with E-state index in [2.05, 4.69) is 5.32 Å². The van der Waals surface area contributed by atoms with Gasteiger partial charge in [0.25, 0.3) is 0 Å². The molecule has 0 radical (unpaired) electrons. The van der Waals surface area contributed by atoms with Crippen LogP contribution in [0.25, 0.3) is 0 Å². The van der Waals surface area contributed by atoms with E-state index in [9.17, 15) is 14.4 Å². The minimum absolute atomic E-state index is 0.0657. The fraction of sp³-hybridized carbons (Fsp3) is 0.357. The molecule has 3 N–H and O–H groups in total. The van der Waals surface area contributed by atoms with Crippen LogP contribution < -0.4 is 10.1 Å². The zero-order valence-electron chi connectivity index (χ0n) is 11.3. The molecule has 0 fully saturated rings. The molecule has 21 heavy (non-hydrogen) atoms. The molecular formula is C14H17NO6. The van der Waals surface area contributed by atoms with Gasteiger partial charge in [0.05, 0.1) is 13.0 Å². The van der Waals surface area contributed by atoms with E-state index in [1.165, 1.54) is 0 Å². The molecule has 1 rings (SSSR count). The average Bonchev–Trinajstić information content (AvgIpc) is 2.43. The van der Waals surface area contributed by atoms with Crippen molar-refractivity contribution in [3.8, 4) is 5.75 Å². The Morgan fingerprint density at radius 2 is 1.81 bits per heavy atom. The molecule has 7 heteroatoms. The van der Waals surface area contributed by atoms with Gasteiger partial charge in [-0.15, -0.1) is 0 Å². The Morgan fingerprint density at radius 1 is 1.14 bits per heavy atom. The first-order valence-corrected chi connectivity index (χ1v) is 6.41.